The molecule has 0 atom stereocenters. The van der Waals surface area contributed by atoms with Gasteiger partial charge in [0.15, 0.2) is 0 Å². The summed E-state index contributed by atoms with van der Waals surface area (Å²) in [5.41, 5.74) is 0. The van der Waals surface area contributed by atoms with Crippen LogP contribution < -0.4 is 0 Å². The van der Waals surface area contributed by atoms with Crippen LogP contribution in [-0.4, -0.2) is 25.2 Å². The molecule has 0 aromatic rings. The van der Waals surface area contributed by atoms with Gasteiger partial charge in [-0.2, -0.15) is 17.6 Å². The minimum atomic E-state index is -5.01. The summed E-state index contributed by atoms with van der Waals surface area (Å²) in [6.07, 6.45) is 0. The molecule has 16 heavy (non-hydrogen) atoms. The fourth-order valence-corrected chi connectivity index (χ4v) is 0.970. The van der Waals surface area contributed by atoms with Gasteiger partial charge in [0.1, 0.15) is 0 Å². The Hall–Kier alpha value is 1.13. The van der Waals surface area contributed by atoms with Crippen LogP contribution in [0.15, 0.2) is 0 Å². The third kappa shape index (κ3) is 3.12. The van der Waals surface area contributed by atoms with E-state index in [0.717, 1.165) is 0 Å². The summed E-state index contributed by atoms with van der Waals surface area (Å²) in [6.45, 7) is 0. The van der Waals surface area contributed by atoms with Gasteiger partial charge in [0.2, 0.25) is 0 Å². The van der Waals surface area contributed by atoms with E-state index in [1.165, 1.54) is 0 Å². The zero-order chi connectivity index (χ0) is 13.6. The highest BCUT2D eigenvalue weighted by Gasteiger charge is 2.70. The zero-order valence-corrected chi connectivity index (χ0v) is 11.2. The number of ketones is 1. The molecule has 0 saturated carbocycles. The van der Waals surface area contributed by atoms with Crippen LogP contribution in [0.25, 0.3) is 0 Å². The molecular formula is C5Cl6F4O. The fraction of sp³-hybridized carbons (Fsp3) is 0.800. The van der Waals surface area contributed by atoms with Crippen molar-refractivity contribution in [2.75, 3.05) is 0 Å². The monoisotopic (exact) mass is 362 g/mol. The van der Waals surface area contributed by atoms with E-state index in [4.69, 9.17) is 0 Å². The molecule has 0 aromatic heterocycles. The second kappa shape index (κ2) is 4.67. The van der Waals surface area contributed by atoms with E-state index in [-0.39, 0.29) is 0 Å². The molecule has 0 fully saturated rings. The molecule has 0 aliphatic carbocycles. The normalized spacial score (nSPS) is 15.1. The first-order valence-electron chi connectivity index (χ1n) is 3.09. The smallest absolute Gasteiger partial charge is 0.286 e. The standard InChI is InChI=1S/C5Cl6F4O/c6-4(7,8)2(12,13)1(16)3(14,15)5(9,10)11. The van der Waals surface area contributed by atoms with Gasteiger partial charge in [0.05, 0.1) is 0 Å². The summed E-state index contributed by atoms with van der Waals surface area (Å²) in [7, 11) is 0. The maximum Gasteiger partial charge on any atom is 0.357 e. The Balaban J connectivity index is 5.40. The van der Waals surface area contributed by atoms with Crippen molar-refractivity contribution in [2.24, 2.45) is 0 Å². The van der Waals surface area contributed by atoms with Crippen molar-refractivity contribution >= 4 is 75.4 Å². The van der Waals surface area contributed by atoms with Crippen LogP contribution in [0.5, 0.6) is 0 Å². The zero-order valence-electron chi connectivity index (χ0n) is 6.69. The van der Waals surface area contributed by atoms with Gasteiger partial charge in [-0.3, -0.25) is 4.79 Å². The number of Topliss-reactive ketones (excluding diaryl/α,β-unsaturated/α-hetero) is 1. The van der Waals surface area contributed by atoms with Gasteiger partial charge >= 0.3 is 11.8 Å². The topological polar surface area (TPSA) is 17.1 Å². The maximum absolute atomic E-state index is 12.9. The van der Waals surface area contributed by atoms with Gasteiger partial charge in [-0.25, -0.2) is 0 Å². The molecule has 0 aromatic carbocycles. The van der Waals surface area contributed by atoms with E-state index >= 15 is 0 Å². The van der Waals surface area contributed by atoms with E-state index in [2.05, 4.69) is 69.6 Å². The molecule has 0 spiro atoms. The van der Waals surface area contributed by atoms with Gasteiger partial charge in [0.25, 0.3) is 13.4 Å². The highest BCUT2D eigenvalue weighted by atomic mass is 35.6. The lowest BCUT2D eigenvalue weighted by molar-refractivity contribution is -0.167. The number of hydrogen-bond acceptors (Lipinski definition) is 1. The minimum Gasteiger partial charge on any atom is -0.286 e. The number of alkyl halides is 10. The molecule has 0 amide bonds. The largest absolute Gasteiger partial charge is 0.357 e. The van der Waals surface area contributed by atoms with Gasteiger partial charge in [-0.05, 0) is 0 Å². The molecule has 0 heterocycles. The second-order valence-electron chi connectivity index (χ2n) is 2.47. The SMILES string of the molecule is O=C(C(F)(F)C(Cl)(Cl)Cl)C(F)(F)C(Cl)(Cl)Cl. The second-order valence-corrected chi connectivity index (χ2v) is 7.04. The number of rotatable bonds is 2. The molecular weight excluding hydrogens is 365 g/mol. The van der Waals surface area contributed by atoms with Crippen molar-refractivity contribution in [2.45, 2.75) is 19.4 Å². The summed E-state index contributed by atoms with van der Waals surface area (Å²) in [5, 5.41) is 0. The van der Waals surface area contributed by atoms with Gasteiger partial charge in [-0.1, -0.05) is 69.6 Å². The highest BCUT2D eigenvalue weighted by Crippen LogP contribution is 2.51. The fourth-order valence-electron chi connectivity index (χ4n) is 0.455. The lowest BCUT2D eigenvalue weighted by Gasteiger charge is -2.29. The Bertz CT molecular complexity index is 264. The maximum atomic E-state index is 12.9. The molecule has 11 heteroatoms. The Kier molecular flexibility index (Phi) is 5.00. The molecule has 0 aliphatic rings. The third-order valence-corrected chi connectivity index (χ3v) is 2.71. The van der Waals surface area contributed by atoms with Crippen molar-refractivity contribution < 1.29 is 22.4 Å². The average molecular weight is 365 g/mol. The number of carbonyl (C=O) groups is 1. The van der Waals surface area contributed by atoms with Crippen molar-refractivity contribution in [1.82, 2.24) is 0 Å². The van der Waals surface area contributed by atoms with Gasteiger partial charge in [0, 0.05) is 0 Å². The Morgan fingerprint density at radius 2 is 0.875 bits per heavy atom. The van der Waals surface area contributed by atoms with Crippen LogP contribution >= 0.6 is 69.6 Å². The van der Waals surface area contributed by atoms with Crippen molar-refractivity contribution in [1.29, 1.82) is 0 Å². The molecule has 0 aliphatic heterocycles. The van der Waals surface area contributed by atoms with E-state index in [0.29, 0.717) is 0 Å². The molecule has 0 N–H and O–H groups in total. The summed E-state index contributed by atoms with van der Waals surface area (Å²) in [4.78, 5) is 10.8. The molecule has 96 valence electrons. The molecule has 0 bridgehead atoms. The quantitative estimate of drug-likeness (QED) is 0.518. The predicted molar refractivity (Wildman–Crippen MR) is 55.5 cm³/mol. The van der Waals surface area contributed by atoms with Crippen LogP contribution in [-0.2, 0) is 4.79 Å². The number of halogens is 10. The lowest BCUT2D eigenvalue weighted by Crippen LogP contribution is -2.55. The van der Waals surface area contributed by atoms with E-state index < -0.39 is 25.2 Å². The van der Waals surface area contributed by atoms with E-state index in [1.54, 1.807) is 0 Å². The summed E-state index contributed by atoms with van der Waals surface area (Å²) >= 11 is 28.0. The minimum absolute atomic E-state index is 3.10. The Morgan fingerprint density at radius 3 is 1.00 bits per heavy atom. The van der Waals surface area contributed by atoms with Crippen molar-refractivity contribution in [3.05, 3.63) is 0 Å². The van der Waals surface area contributed by atoms with Crippen molar-refractivity contribution in [3.63, 3.8) is 0 Å². The Morgan fingerprint density at radius 1 is 0.688 bits per heavy atom. The van der Waals surface area contributed by atoms with Crippen LogP contribution in [0.4, 0.5) is 17.6 Å². The van der Waals surface area contributed by atoms with Crippen molar-refractivity contribution in [3.8, 4) is 0 Å². The molecule has 0 saturated heterocycles. The molecule has 0 radical (unpaired) electrons. The lowest BCUT2D eigenvalue weighted by atomic mass is 10.1. The molecule has 0 rings (SSSR count). The van der Waals surface area contributed by atoms with Crippen LogP contribution in [0.3, 0.4) is 0 Å². The van der Waals surface area contributed by atoms with Gasteiger partial charge in [-0.15, -0.1) is 0 Å². The predicted octanol–water partition coefficient (Wildman–Crippen LogP) is 4.57. The van der Waals surface area contributed by atoms with E-state index in [9.17, 15) is 22.4 Å². The average Bonchev–Trinajstić information content (AvgIpc) is 1.98. The first-order valence-corrected chi connectivity index (χ1v) is 5.36. The summed E-state index contributed by atoms with van der Waals surface area (Å²) in [5.74, 6) is -13.1. The van der Waals surface area contributed by atoms with Crippen LogP contribution in [0.1, 0.15) is 0 Å². The van der Waals surface area contributed by atoms with E-state index in [1.807, 2.05) is 0 Å². The number of carbonyl (C=O) groups excluding carboxylic acids is 1. The molecule has 1 nitrogen and oxygen atoms in total. The Labute approximate surface area is 117 Å². The summed E-state index contributed by atoms with van der Waals surface area (Å²) < 4.78 is 44.6. The highest BCUT2D eigenvalue weighted by molar-refractivity contribution is 6.71. The first-order chi connectivity index (χ1) is 6.65. The summed E-state index contributed by atoms with van der Waals surface area (Å²) in [6, 6.07) is 0. The van der Waals surface area contributed by atoms with Crippen LogP contribution in [0, 0.1) is 0 Å². The van der Waals surface area contributed by atoms with Gasteiger partial charge < -0.3 is 0 Å². The third-order valence-electron chi connectivity index (χ3n) is 1.28. The number of hydrogen-bond donors (Lipinski definition) is 0. The molecule has 0 unspecified atom stereocenters. The van der Waals surface area contributed by atoms with Crippen LogP contribution in [0.2, 0.25) is 0 Å². The first kappa shape index (κ1) is 17.1.